The lowest BCUT2D eigenvalue weighted by molar-refractivity contribution is -0.134. The Kier molecular flexibility index (Phi) is 2.16. The smallest absolute Gasteiger partial charge is 0.248 e. The molecule has 1 aliphatic rings. The first kappa shape index (κ1) is 6.12. The van der Waals surface area contributed by atoms with E-state index in [0.29, 0.717) is 26.2 Å². The molecule has 1 amide bonds. The lowest BCUT2D eigenvalue weighted by Crippen LogP contribution is -2.47. The van der Waals surface area contributed by atoms with Gasteiger partial charge >= 0.3 is 0 Å². The lowest BCUT2D eigenvalue weighted by atomic mass is 10.3. The summed E-state index contributed by atoms with van der Waals surface area (Å²) in [7, 11) is 0. The van der Waals surface area contributed by atoms with Crippen molar-refractivity contribution in [1.29, 1.82) is 0 Å². The van der Waals surface area contributed by atoms with Gasteiger partial charge in [0.2, 0.25) is 5.91 Å². The van der Waals surface area contributed by atoms with E-state index in [-0.39, 0.29) is 5.91 Å². The van der Waals surface area contributed by atoms with Crippen molar-refractivity contribution in [1.82, 2.24) is 10.2 Å². The zero-order valence-corrected chi connectivity index (χ0v) is 5.79. The Labute approximate surface area is 61.3 Å². The number of nitrogens with one attached hydrogen (secondary N) is 1. The Morgan fingerprint density at radius 3 is 2.80 bits per heavy atom. The van der Waals surface area contributed by atoms with Crippen LogP contribution in [0.15, 0.2) is 0 Å². The van der Waals surface area contributed by atoms with Gasteiger partial charge in [-0.1, -0.05) is 0 Å². The number of nitrogens with zero attached hydrogens (tertiary/aromatic N) is 1. The Hall–Kier alpha value is -0.610. The normalized spacial score (nSPS) is 22.5. The first-order valence-corrected chi connectivity index (χ1v) is 3.36. The highest BCUT2D eigenvalue weighted by Gasteiger charge is 2.13. The molecule has 0 aromatic carbocycles. The van der Waals surface area contributed by atoms with Crippen LogP contribution in [0.5, 0.6) is 0 Å². The van der Waals surface area contributed by atoms with Gasteiger partial charge in [-0.05, 0) is 0 Å². The third-order valence-corrected chi connectivity index (χ3v) is 1.54. The van der Waals surface area contributed by atoms with Crippen LogP contribution in [-0.4, -0.2) is 48.7 Å². The highest BCUT2D eigenvalue weighted by atomic mass is 16.3. The number of piperazine rings is 1. The van der Waals surface area contributed by atoms with Crippen molar-refractivity contribution < 1.29 is 11.3 Å². The molecule has 0 aromatic heterocycles. The second-order valence-corrected chi connectivity index (χ2v) is 2.21. The van der Waals surface area contributed by atoms with Crippen LogP contribution < -0.4 is 5.31 Å². The molecule has 0 atom stereocenters. The summed E-state index contributed by atoms with van der Waals surface area (Å²) in [5.74, 6) is -0.238. The van der Waals surface area contributed by atoms with Crippen LogP contribution in [0.2, 0.25) is 1.41 Å². The van der Waals surface area contributed by atoms with E-state index in [9.17, 15) is 4.79 Å². The third-order valence-electron chi connectivity index (χ3n) is 1.54. The molecule has 1 fully saturated rings. The van der Waals surface area contributed by atoms with Gasteiger partial charge in [0.25, 0.3) is 0 Å². The molecule has 1 rings (SSSR count). The fourth-order valence-electron chi connectivity index (χ4n) is 0.956. The summed E-state index contributed by atoms with van der Waals surface area (Å²) in [4.78, 5) is 12.4. The molecule has 1 saturated heterocycles. The van der Waals surface area contributed by atoms with E-state index in [1.54, 1.807) is 4.90 Å². The zero-order chi connectivity index (χ0) is 8.27. The minimum absolute atomic E-state index is 0.238. The van der Waals surface area contributed by atoms with Gasteiger partial charge in [-0.2, -0.15) is 0 Å². The topological polar surface area (TPSA) is 52.6 Å². The number of hydrogen-bond donors (Lipinski definition) is 2. The monoisotopic (exact) mass is 145 g/mol. The summed E-state index contributed by atoms with van der Waals surface area (Å²) in [6, 6.07) is 0. The highest BCUT2D eigenvalue weighted by Crippen LogP contribution is 1.91. The van der Waals surface area contributed by atoms with Crippen molar-refractivity contribution in [2.45, 2.75) is 0 Å². The summed E-state index contributed by atoms with van der Waals surface area (Å²) < 4.78 is 7.19. The van der Waals surface area contributed by atoms with Gasteiger partial charge in [-0.15, -0.1) is 0 Å². The quantitative estimate of drug-likeness (QED) is 0.468. The third kappa shape index (κ3) is 1.68. The predicted octanol–water partition coefficient (Wildman–Crippen LogP) is -1.59. The van der Waals surface area contributed by atoms with Gasteiger partial charge in [0.15, 0.2) is 0 Å². The maximum Gasteiger partial charge on any atom is 0.248 e. The minimum Gasteiger partial charge on any atom is -0.387 e. The number of carbonyl (C=O) groups excluding carboxylic acids is 1. The van der Waals surface area contributed by atoms with Crippen molar-refractivity contribution in [2.75, 3.05) is 32.8 Å². The van der Waals surface area contributed by atoms with Crippen LogP contribution in [0.4, 0.5) is 0 Å². The molecule has 4 nitrogen and oxygen atoms in total. The van der Waals surface area contributed by atoms with Gasteiger partial charge in [0, 0.05) is 26.2 Å². The maximum absolute atomic E-state index is 10.9. The molecule has 0 saturated carbocycles. The molecule has 2 N–H and O–H groups in total. The lowest BCUT2D eigenvalue weighted by Gasteiger charge is -2.26. The number of rotatable bonds is 1. The largest absolute Gasteiger partial charge is 0.387 e. The van der Waals surface area contributed by atoms with E-state index in [4.69, 9.17) is 6.52 Å². The minimum atomic E-state index is -0.419. The van der Waals surface area contributed by atoms with Crippen LogP contribution in [0.3, 0.4) is 0 Å². The van der Waals surface area contributed by atoms with Crippen LogP contribution in [0, 0.1) is 0 Å². The van der Waals surface area contributed by atoms with Gasteiger partial charge in [-0.3, -0.25) is 4.79 Å². The van der Waals surface area contributed by atoms with E-state index in [1.165, 1.54) is 5.31 Å². The molecule has 0 spiro atoms. The standard InChI is InChI=1S/C6H12N2O2/c9-5-6(10)8-3-1-7-2-4-8/h7,9H,1-5H2/i/hD. The van der Waals surface area contributed by atoms with Crippen LogP contribution >= 0.6 is 0 Å². The summed E-state index contributed by atoms with van der Waals surface area (Å²) >= 11 is 0. The molecule has 1 aliphatic heterocycles. The number of hydrogen-bond acceptors (Lipinski definition) is 3. The van der Waals surface area contributed by atoms with Gasteiger partial charge < -0.3 is 15.3 Å². The van der Waals surface area contributed by atoms with Crippen molar-refractivity contribution in [3.05, 3.63) is 0 Å². The van der Waals surface area contributed by atoms with Crippen molar-refractivity contribution in [2.24, 2.45) is 0 Å². The molecule has 0 unspecified atom stereocenters. The summed E-state index contributed by atoms with van der Waals surface area (Å²) in [6.07, 6.45) is 0. The predicted molar refractivity (Wildman–Crippen MR) is 36.5 cm³/mol. The van der Waals surface area contributed by atoms with Crippen LogP contribution in [-0.2, 0) is 4.79 Å². The van der Waals surface area contributed by atoms with E-state index in [2.05, 4.69) is 0 Å². The Bertz CT molecular complexity index is 146. The van der Waals surface area contributed by atoms with E-state index < -0.39 is 6.61 Å². The zero-order valence-electron chi connectivity index (χ0n) is 6.79. The molecule has 1 heterocycles. The molecule has 0 aromatic rings. The number of carbonyl (C=O) groups is 1. The second-order valence-electron chi connectivity index (χ2n) is 2.21. The summed E-state index contributed by atoms with van der Waals surface area (Å²) in [5.41, 5.74) is 0. The van der Waals surface area contributed by atoms with E-state index in [1.807, 2.05) is 0 Å². The van der Waals surface area contributed by atoms with E-state index in [0.717, 1.165) is 0 Å². The van der Waals surface area contributed by atoms with Gasteiger partial charge in [0.1, 0.15) is 8.02 Å². The Balaban J connectivity index is 2.33. The summed E-state index contributed by atoms with van der Waals surface area (Å²) in [6.45, 7) is 1.85. The number of aliphatic hydroxyl groups excluding tert-OH is 1. The fourth-order valence-corrected chi connectivity index (χ4v) is 0.956. The number of aliphatic hydroxyl groups is 1. The highest BCUT2D eigenvalue weighted by molar-refractivity contribution is 5.77. The number of amides is 1. The SMILES string of the molecule is [2H]N1CCN(C(=O)CO)CC1. The summed E-state index contributed by atoms with van der Waals surface area (Å²) in [5, 5.41) is 9.92. The average Bonchev–Trinajstić information content (AvgIpc) is 2.05. The van der Waals surface area contributed by atoms with Crippen molar-refractivity contribution >= 4 is 5.91 Å². The first-order chi connectivity index (χ1) is 5.24. The molecule has 0 bridgehead atoms. The second kappa shape index (κ2) is 3.53. The van der Waals surface area contributed by atoms with E-state index >= 15 is 0 Å². The molecular formula is C6H12N2O2. The molecule has 10 heavy (non-hydrogen) atoms. The van der Waals surface area contributed by atoms with Crippen molar-refractivity contribution in [3.8, 4) is 0 Å². The molecule has 4 heteroatoms. The van der Waals surface area contributed by atoms with Crippen LogP contribution in [0.1, 0.15) is 0 Å². The van der Waals surface area contributed by atoms with Gasteiger partial charge in [-0.25, -0.2) is 0 Å². The molecular weight excluding hydrogens is 132 g/mol. The molecule has 58 valence electrons. The average molecular weight is 145 g/mol. The molecule has 0 radical (unpaired) electrons. The van der Waals surface area contributed by atoms with Crippen molar-refractivity contribution in [3.63, 3.8) is 0 Å². The Morgan fingerprint density at radius 2 is 2.30 bits per heavy atom. The Morgan fingerprint density at radius 1 is 1.70 bits per heavy atom. The maximum atomic E-state index is 10.9. The van der Waals surface area contributed by atoms with Crippen LogP contribution in [0.25, 0.3) is 0 Å². The fraction of sp³-hybridized carbons (Fsp3) is 0.833. The first-order valence-electron chi connectivity index (χ1n) is 3.81. The molecule has 0 aliphatic carbocycles. The van der Waals surface area contributed by atoms with Gasteiger partial charge in [0.05, 0.1) is 0 Å².